The molecule has 84 valence electrons. The Morgan fingerprint density at radius 2 is 2.25 bits per heavy atom. The summed E-state index contributed by atoms with van der Waals surface area (Å²) in [7, 11) is 1.86. The van der Waals surface area contributed by atoms with Gasteiger partial charge in [0.1, 0.15) is 11.6 Å². The number of halogens is 1. The number of aliphatic hydroxyl groups excluding tert-OH is 1. The van der Waals surface area contributed by atoms with Gasteiger partial charge in [-0.1, -0.05) is 12.1 Å². The van der Waals surface area contributed by atoms with E-state index in [1.165, 1.54) is 12.1 Å². The summed E-state index contributed by atoms with van der Waals surface area (Å²) in [6.45, 7) is 0.0629. The fourth-order valence-corrected chi connectivity index (χ4v) is 1.70. The number of benzene rings is 1. The van der Waals surface area contributed by atoms with E-state index in [9.17, 15) is 4.39 Å². The Labute approximate surface area is 93.2 Å². The summed E-state index contributed by atoms with van der Waals surface area (Å²) in [5, 5.41) is 8.85. The van der Waals surface area contributed by atoms with Gasteiger partial charge < -0.3 is 9.67 Å². The molecule has 16 heavy (non-hydrogen) atoms. The number of hydrogen-bond donors (Lipinski definition) is 1. The van der Waals surface area contributed by atoms with Gasteiger partial charge in [0.2, 0.25) is 0 Å². The topological polar surface area (TPSA) is 38.0 Å². The van der Waals surface area contributed by atoms with Crippen molar-refractivity contribution in [1.29, 1.82) is 0 Å². The molecule has 0 fully saturated rings. The van der Waals surface area contributed by atoms with E-state index in [0.717, 1.165) is 17.1 Å². The second-order valence-electron chi connectivity index (χ2n) is 3.60. The molecule has 1 heterocycles. The molecular formula is C12H13FN2O. The summed E-state index contributed by atoms with van der Waals surface area (Å²) < 4.78 is 14.9. The molecule has 1 aromatic heterocycles. The Bertz CT molecular complexity index is 494. The molecule has 0 saturated heterocycles. The van der Waals surface area contributed by atoms with Crippen molar-refractivity contribution in [1.82, 2.24) is 9.55 Å². The fraction of sp³-hybridized carbons (Fsp3) is 0.250. The summed E-state index contributed by atoms with van der Waals surface area (Å²) >= 11 is 0. The van der Waals surface area contributed by atoms with Crippen LogP contribution >= 0.6 is 0 Å². The van der Waals surface area contributed by atoms with Crippen molar-refractivity contribution in [3.8, 4) is 11.3 Å². The highest BCUT2D eigenvalue weighted by molar-refractivity contribution is 5.59. The van der Waals surface area contributed by atoms with E-state index in [1.54, 1.807) is 12.3 Å². The van der Waals surface area contributed by atoms with Crippen LogP contribution in [0.25, 0.3) is 11.3 Å². The Hall–Kier alpha value is -1.68. The SMILES string of the molecule is Cn1c(-c2cccc(F)c2)cnc1CCO. The molecule has 1 aromatic carbocycles. The number of imidazole rings is 1. The minimum atomic E-state index is -0.262. The first kappa shape index (κ1) is 10.8. The molecule has 2 aromatic rings. The Kier molecular flexibility index (Phi) is 3.01. The third-order valence-corrected chi connectivity index (χ3v) is 2.54. The van der Waals surface area contributed by atoms with E-state index in [-0.39, 0.29) is 12.4 Å². The van der Waals surface area contributed by atoms with Crippen molar-refractivity contribution in [2.75, 3.05) is 6.61 Å². The van der Waals surface area contributed by atoms with Gasteiger partial charge in [-0.15, -0.1) is 0 Å². The molecular weight excluding hydrogens is 207 g/mol. The lowest BCUT2D eigenvalue weighted by atomic mass is 10.1. The molecule has 0 aliphatic carbocycles. The molecule has 1 N–H and O–H groups in total. The van der Waals surface area contributed by atoms with Crippen LogP contribution in [0.1, 0.15) is 5.82 Å². The first-order valence-electron chi connectivity index (χ1n) is 5.10. The van der Waals surface area contributed by atoms with Crippen LogP contribution in [0.4, 0.5) is 4.39 Å². The van der Waals surface area contributed by atoms with Crippen molar-refractivity contribution in [3.63, 3.8) is 0 Å². The van der Waals surface area contributed by atoms with Crippen molar-refractivity contribution >= 4 is 0 Å². The van der Waals surface area contributed by atoms with Crippen LogP contribution in [0.2, 0.25) is 0 Å². The van der Waals surface area contributed by atoms with Gasteiger partial charge >= 0.3 is 0 Å². The van der Waals surface area contributed by atoms with E-state index < -0.39 is 0 Å². The molecule has 0 amide bonds. The first-order valence-corrected chi connectivity index (χ1v) is 5.10. The molecule has 0 aliphatic rings. The number of aliphatic hydroxyl groups is 1. The summed E-state index contributed by atoms with van der Waals surface area (Å²) in [5.41, 5.74) is 1.64. The fourth-order valence-electron chi connectivity index (χ4n) is 1.70. The van der Waals surface area contributed by atoms with Gasteiger partial charge in [-0.25, -0.2) is 9.37 Å². The summed E-state index contributed by atoms with van der Waals surface area (Å²) in [6.07, 6.45) is 2.20. The molecule has 0 bridgehead atoms. The molecule has 0 radical (unpaired) electrons. The zero-order valence-corrected chi connectivity index (χ0v) is 9.02. The molecule has 0 saturated carbocycles. The van der Waals surface area contributed by atoms with Gasteiger partial charge in [-0.2, -0.15) is 0 Å². The van der Waals surface area contributed by atoms with Gasteiger partial charge in [0.15, 0.2) is 0 Å². The summed E-state index contributed by atoms with van der Waals surface area (Å²) in [4.78, 5) is 4.19. The van der Waals surface area contributed by atoms with Gasteiger partial charge in [-0.3, -0.25) is 0 Å². The van der Waals surface area contributed by atoms with Crippen LogP contribution in [-0.4, -0.2) is 21.3 Å². The average molecular weight is 220 g/mol. The molecule has 0 atom stereocenters. The molecule has 0 unspecified atom stereocenters. The van der Waals surface area contributed by atoms with Crippen molar-refractivity contribution in [2.45, 2.75) is 6.42 Å². The smallest absolute Gasteiger partial charge is 0.123 e. The minimum absolute atomic E-state index is 0.0629. The molecule has 0 spiro atoms. The van der Waals surface area contributed by atoms with Crippen molar-refractivity contribution in [3.05, 3.63) is 42.1 Å². The first-order chi connectivity index (χ1) is 7.72. The van der Waals surface area contributed by atoms with Crippen LogP contribution in [0.5, 0.6) is 0 Å². The van der Waals surface area contributed by atoms with Crippen LogP contribution < -0.4 is 0 Å². The quantitative estimate of drug-likeness (QED) is 0.856. The number of hydrogen-bond acceptors (Lipinski definition) is 2. The van der Waals surface area contributed by atoms with Crippen LogP contribution in [0, 0.1) is 5.82 Å². The van der Waals surface area contributed by atoms with E-state index in [2.05, 4.69) is 4.98 Å². The Balaban J connectivity index is 2.41. The van der Waals surface area contributed by atoms with Gasteiger partial charge in [0, 0.05) is 19.0 Å². The standard InChI is InChI=1S/C12H13FN2O/c1-15-11(8-14-12(15)5-6-16)9-3-2-4-10(13)7-9/h2-4,7-8,16H,5-6H2,1H3. The van der Waals surface area contributed by atoms with Gasteiger partial charge in [-0.05, 0) is 12.1 Å². The third kappa shape index (κ3) is 1.97. The van der Waals surface area contributed by atoms with Crippen molar-refractivity contribution < 1.29 is 9.50 Å². The summed E-state index contributed by atoms with van der Waals surface area (Å²) in [6, 6.07) is 6.39. The van der Waals surface area contributed by atoms with Gasteiger partial charge in [0.25, 0.3) is 0 Å². The van der Waals surface area contributed by atoms with Crippen LogP contribution in [0.15, 0.2) is 30.5 Å². The zero-order valence-electron chi connectivity index (χ0n) is 9.02. The largest absolute Gasteiger partial charge is 0.396 e. The lowest BCUT2D eigenvalue weighted by molar-refractivity contribution is 0.295. The van der Waals surface area contributed by atoms with Crippen molar-refractivity contribution in [2.24, 2.45) is 7.05 Å². The predicted octanol–water partition coefficient (Wildman–Crippen LogP) is 1.76. The maximum Gasteiger partial charge on any atom is 0.123 e. The lowest BCUT2D eigenvalue weighted by Crippen LogP contribution is -2.02. The highest BCUT2D eigenvalue weighted by Gasteiger charge is 2.08. The maximum atomic E-state index is 13.1. The number of aromatic nitrogens is 2. The monoisotopic (exact) mass is 220 g/mol. The number of rotatable bonds is 3. The van der Waals surface area contributed by atoms with E-state index in [4.69, 9.17) is 5.11 Å². The van der Waals surface area contributed by atoms with E-state index in [1.807, 2.05) is 17.7 Å². The molecule has 4 heteroatoms. The maximum absolute atomic E-state index is 13.1. The second-order valence-corrected chi connectivity index (χ2v) is 3.60. The van der Waals surface area contributed by atoms with E-state index >= 15 is 0 Å². The number of nitrogens with zero attached hydrogens (tertiary/aromatic N) is 2. The molecule has 2 rings (SSSR count). The summed E-state index contributed by atoms with van der Waals surface area (Å²) in [5.74, 6) is 0.532. The molecule has 0 aliphatic heterocycles. The van der Waals surface area contributed by atoms with E-state index in [0.29, 0.717) is 6.42 Å². The van der Waals surface area contributed by atoms with Gasteiger partial charge in [0.05, 0.1) is 18.5 Å². The Morgan fingerprint density at radius 3 is 2.94 bits per heavy atom. The van der Waals surface area contributed by atoms with Crippen LogP contribution in [0.3, 0.4) is 0 Å². The molecule has 3 nitrogen and oxygen atoms in total. The Morgan fingerprint density at radius 1 is 1.44 bits per heavy atom. The van der Waals surface area contributed by atoms with Crippen LogP contribution in [-0.2, 0) is 13.5 Å². The highest BCUT2D eigenvalue weighted by Crippen LogP contribution is 2.20. The lowest BCUT2D eigenvalue weighted by Gasteiger charge is -2.05. The normalized spacial score (nSPS) is 10.7. The highest BCUT2D eigenvalue weighted by atomic mass is 19.1. The average Bonchev–Trinajstić information content (AvgIpc) is 2.61. The second kappa shape index (κ2) is 4.45. The zero-order chi connectivity index (χ0) is 11.5. The predicted molar refractivity (Wildman–Crippen MR) is 59.4 cm³/mol. The third-order valence-electron chi connectivity index (χ3n) is 2.54. The minimum Gasteiger partial charge on any atom is -0.396 e.